The first-order valence-corrected chi connectivity index (χ1v) is 5.43. The lowest BCUT2D eigenvalue weighted by atomic mass is 10.2. The first-order valence-electron chi connectivity index (χ1n) is 5.43. The van der Waals surface area contributed by atoms with Gasteiger partial charge in [0.15, 0.2) is 5.43 Å². The standard InChI is InChI=1S/C13H13N3O2/c1-8-6-12(17)9(7-15-8)13(18)16-11-5-3-2-4-10(11)14/h2-7H,14H2,1H3,(H,15,17)(H,16,18). The molecule has 18 heavy (non-hydrogen) atoms. The lowest BCUT2D eigenvalue weighted by Gasteiger charge is -2.07. The summed E-state index contributed by atoms with van der Waals surface area (Å²) < 4.78 is 0. The first-order chi connectivity index (χ1) is 8.58. The van der Waals surface area contributed by atoms with E-state index in [9.17, 15) is 9.59 Å². The van der Waals surface area contributed by atoms with E-state index in [1.165, 1.54) is 12.3 Å². The fourth-order valence-electron chi connectivity index (χ4n) is 1.55. The van der Waals surface area contributed by atoms with Crippen molar-refractivity contribution in [1.29, 1.82) is 0 Å². The molecule has 92 valence electrons. The lowest BCUT2D eigenvalue weighted by molar-refractivity contribution is 0.102. The van der Waals surface area contributed by atoms with Crippen LogP contribution < -0.4 is 16.5 Å². The number of carbonyl (C=O) groups is 1. The highest BCUT2D eigenvalue weighted by Gasteiger charge is 2.11. The summed E-state index contributed by atoms with van der Waals surface area (Å²) in [5, 5.41) is 2.60. The number of anilines is 2. The van der Waals surface area contributed by atoms with E-state index in [1.807, 2.05) is 0 Å². The zero-order chi connectivity index (χ0) is 13.1. The number of aromatic amines is 1. The number of amides is 1. The number of hydrogen-bond donors (Lipinski definition) is 3. The predicted octanol–water partition coefficient (Wildman–Crippen LogP) is 1.52. The first kappa shape index (κ1) is 11.9. The van der Waals surface area contributed by atoms with Crippen molar-refractivity contribution in [3.63, 3.8) is 0 Å². The van der Waals surface area contributed by atoms with E-state index >= 15 is 0 Å². The van der Waals surface area contributed by atoms with Gasteiger partial charge in [0.1, 0.15) is 5.56 Å². The summed E-state index contributed by atoms with van der Waals surface area (Å²) in [7, 11) is 0. The van der Waals surface area contributed by atoms with Gasteiger partial charge in [0, 0.05) is 18.0 Å². The van der Waals surface area contributed by atoms with Crippen LogP contribution >= 0.6 is 0 Å². The summed E-state index contributed by atoms with van der Waals surface area (Å²) in [6.07, 6.45) is 1.39. The van der Waals surface area contributed by atoms with Gasteiger partial charge in [-0.05, 0) is 19.1 Å². The molecule has 0 fully saturated rings. The molecule has 0 saturated carbocycles. The molecule has 1 aromatic carbocycles. The number of nitrogens with one attached hydrogen (secondary N) is 2. The van der Waals surface area contributed by atoms with Crippen molar-refractivity contribution >= 4 is 17.3 Å². The van der Waals surface area contributed by atoms with Gasteiger partial charge in [-0.1, -0.05) is 12.1 Å². The highest BCUT2D eigenvalue weighted by atomic mass is 16.2. The van der Waals surface area contributed by atoms with Crippen LogP contribution in [0.3, 0.4) is 0 Å². The Kier molecular flexibility index (Phi) is 3.14. The van der Waals surface area contributed by atoms with Crippen molar-refractivity contribution < 1.29 is 4.79 Å². The summed E-state index contributed by atoms with van der Waals surface area (Å²) in [6, 6.07) is 8.25. The number of aryl methyl sites for hydroxylation is 1. The van der Waals surface area contributed by atoms with Crippen LogP contribution in [-0.2, 0) is 0 Å². The average Bonchev–Trinajstić information content (AvgIpc) is 2.32. The maximum Gasteiger partial charge on any atom is 0.261 e. The van der Waals surface area contributed by atoms with Gasteiger partial charge in [0.05, 0.1) is 11.4 Å². The largest absolute Gasteiger partial charge is 0.397 e. The predicted molar refractivity (Wildman–Crippen MR) is 70.6 cm³/mol. The van der Waals surface area contributed by atoms with Crippen LogP contribution in [0.15, 0.2) is 41.3 Å². The third-order valence-electron chi connectivity index (χ3n) is 2.51. The van der Waals surface area contributed by atoms with Gasteiger partial charge in [0.25, 0.3) is 5.91 Å². The van der Waals surface area contributed by atoms with Crippen LogP contribution in [0.1, 0.15) is 16.1 Å². The number of nitrogens with two attached hydrogens (primary N) is 1. The van der Waals surface area contributed by atoms with E-state index in [0.29, 0.717) is 17.1 Å². The number of hydrogen-bond acceptors (Lipinski definition) is 3. The molecule has 0 atom stereocenters. The monoisotopic (exact) mass is 243 g/mol. The molecule has 5 nitrogen and oxygen atoms in total. The molecule has 0 aliphatic carbocycles. The van der Waals surface area contributed by atoms with Gasteiger partial charge in [-0.3, -0.25) is 9.59 Å². The molecule has 0 saturated heterocycles. The highest BCUT2D eigenvalue weighted by molar-refractivity contribution is 6.05. The quantitative estimate of drug-likeness (QED) is 0.699. The Morgan fingerprint density at radius 3 is 2.72 bits per heavy atom. The van der Waals surface area contributed by atoms with Crippen LogP contribution in [0.25, 0.3) is 0 Å². The molecular weight excluding hydrogens is 230 g/mol. The van der Waals surface area contributed by atoms with Gasteiger partial charge in [0.2, 0.25) is 0 Å². The second kappa shape index (κ2) is 4.75. The Morgan fingerprint density at radius 1 is 1.33 bits per heavy atom. The van der Waals surface area contributed by atoms with Crippen molar-refractivity contribution in [2.24, 2.45) is 0 Å². The molecule has 0 unspecified atom stereocenters. The summed E-state index contributed by atoms with van der Waals surface area (Å²) in [5.74, 6) is -0.478. The van der Waals surface area contributed by atoms with E-state index in [2.05, 4.69) is 10.3 Å². The molecule has 2 aromatic rings. The molecule has 1 aromatic heterocycles. The van der Waals surface area contributed by atoms with Gasteiger partial charge in [-0.15, -0.1) is 0 Å². The van der Waals surface area contributed by atoms with E-state index in [-0.39, 0.29) is 11.0 Å². The summed E-state index contributed by atoms with van der Waals surface area (Å²) in [4.78, 5) is 26.4. The topological polar surface area (TPSA) is 88.0 Å². The Labute approximate surface area is 104 Å². The third-order valence-corrected chi connectivity index (χ3v) is 2.51. The molecule has 0 aliphatic heterocycles. The lowest BCUT2D eigenvalue weighted by Crippen LogP contribution is -2.22. The molecule has 4 N–H and O–H groups in total. The molecule has 0 radical (unpaired) electrons. The van der Waals surface area contributed by atoms with Gasteiger partial charge in [-0.25, -0.2) is 0 Å². The Hall–Kier alpha value is -2.56. The van der Waals surface area contributed by atoms with E-state index < -0.39 is 5.91 Å². The van der Waals surface area contributed by atoms with Gasteiger partial charge in [-0.2, -0.15) is 0 Å². The third kappa shape index (κ3) is 2.40. The number of rotatable bonds is 2. The zero-order valence-electron chi connectivity index (χ0n) is 9.86. The molecule has 1 amide bonds. The second-order valence-electron chi connectivity index (χ2n) is 3.94. The van der Waals surface area contributed by atoms with Crippen LogP contribution in [0, 0.1) is 6.92 Å². The van der Waals surface area contributed by atoms with Crippen LogP contribution in [0.5, 0.6) is 0 Å². The summed E-state index contributed by atoms with van der Waals surface area (Å²) >= 11 is 0. The van der Waals surface area contributed by atoms with Crippen molar-refractivity contribution in [2.45, 2.75) is 6.92 Å². The second-order valence-corrected chi connectivity index (χ2v) is 3.94. The number of para-hydroxylation sites is 2. The molecule has 0 bridgehead atoms. The van der Waals surface area contributed by atoms with E-state index in [1.54, 1.807) is 31.2 Å². The molecule has 0 spiro atoms. The minimum atomic E-state index is -0.478. The van der Waals surface area contributed by atoms with Crippen molar-refractivity contribution in [2.75, 3.05) is 11.1 Å². The minimum Gasteiger partial charge on any atom is -0.397 e. The van der Waals surface area contributed by atoms with Gasteiger partial charge >= 0.3 is 0 Å². The summed E-state index contributed by atoms with van der Waals surface area (Å²) in [6.45, 7) is 1.75. The van der Waals surface area contributed by atoms with Crippen LogP contribution in [0.4, 0.5) is 11.4 Å². The molecule has 1 heterocycles. The smallest absolute Gasteiger partial charge is 0.261 e. The Morgan fingerprint density at radius 2 is 2.06 bits per heavy atom. The van der Waals surface area contributed by atoms with Crippen molar-refractivity contribution in [3.05, 3.63) is 58.0 Å². The van der Waals surface area contributed by atoms with Crippen LogP contribution in [-0.4, -0.2) is 10.9 Å². The SMILES string of the molecule is Cc1cc(=O)c(C(=O)Nc2ccccc2N)c[nH]1. The molecule has 0 aliphatic rings. The average molecular weight is 243 g/mol. The number of H-pyrrole nitrogens is 1. The van der Waals surface area contributed by atoms with Crippen molar-refractivity contribution in [1.82, 2.24) is 4.98 Å². The normalized spacial score (nSPS) is 10.1. The fourth-order valence-corrected chi connectivity index (χ4v) is 1.55. The van der Waals surface area contributed by atoms with E-state index in [0.717, 1.165) is 0 Å². The molecule has 5 heteroatoms. The van der Waals surface area contributed by atoms with E-state index in [4.69, 9.17) is 5.73 Å². The molecule has 2 rings (SSSR count). The highest BCUT2D eigenvalue weighted by Crippen LogP contribution is 2.17. The molecular formula is C13H13N3O2. The number of benzene rings is 1. The maximum atomic E-state index is 11.9. The maximum absolute atomic E-state index is 11.9. The number of aromatic nitrogens is 1. The zero-order valence-corrected chi connectivity index (χ0v) is 9.86. The Bertz CT molecular complexity index is 647. The number of carbonyl (C=O) groups excluding carboxylic acids is 1. The summed E-state index contributed by atoms with van der Waals surface area (Å²) in [5.41, 5.74) is 7.09. The Balaban J connectivity index is 2.28. The van der Waals surface area contributed by atoms with Crippen LogP contribution in [0.2, 0.25) is 0 Å². The number of nitrogen functional groups attached to an aromatic ring is 1. The van der Waals surface area contributed by atoms with Gasteiger partial charge < -0.3 is 16.0 Å². The number of pyridine rings is 1. The van der Waals surface area contributed by atoms with Crippen molar-refractivity contribution in [3.8, 4) is 0 Å². The minimum absolute atomic E-state index is 0.0591. The fraction of sp³-hybridized carbons (Fsp3) is 0.0769.